The van der Waals surface area contributed by atoms with Crippen LogP contribution < -0.4 is 15.5 Å². The van der Waals surface area contributed by atoms with E-state index in [1.54, 1.807) is 18.2 Å². The smallest absolute Gasteiger partial charge is 0.207 e. The van der Waals surface area contributed by atoms with E-state index >= 15 is 0 Å². The number of aliphatic hydroxyl groups excluding tert-OH is 1. The summed E-state index contributed by atoms with van der Waals surface area (Å²) in [6, 6.07) is 8.71. The minimum absolute atomic E-state index is 0.00768. The van der Waals surface area contributed by atoms with E-state index in [0.29, 0.717) is 36.6 Å². The van der Waals surface area contributed by atoms with Crippen LogP contribution in [0.4, 0.5) is 21.7 Å². The lowest BCUT2D eigenvalue weighted by atomic mass is 10.1. The molecule has 4 rings (SSSR count). The molecule has 1 fully saturated rings. The van der Waals surface area contributed by atoms with Gasteiger partial charge in [0.15, 0.2) is 17.5 Å². The standard InChI is InChI=1S/C23H24FN7O2/c1-15-8-9-30(10-11-31(15)23-17(24)14-26-21(27-23)7-4-12-32)19-13-18(28-29-22(19)25)16-5-2-3-6-20(16)33/h2-3,5-6,13-15,32-33H,8-12H2,1H3,(H2,25,29)/t15-/m0/s1. The molecule has 0 bridgehead atoms. The Kier molecular flexibility index (Phi) is 6.51. The number of halogens is 1. The maximum absolute atomic E-state index is 14.6. The van der Waals surface area contributed by atoms with Crippen LogP contribution in [0.2, 0.25) is 0 Å². The molecule has 0 saturated carbocycles. The summed E-state index contributed by atoms with van der Waals surface area (Å²) in [5.74, 6) is 5.30. The number of aromatic nitrogens is 4. The maximum Gasteiger partial charge on any atom is 0.207 e. The molecule has 2 aromatic heterocycles. The van der Waals surface area contributed by atoms with Gasteiger partial charge < -0.3 is 25.7 Å². The van der Waals surface area contributed by atoms with Gasteiger partial charge in [-0.25, -0.2) is 14.4 Å². The fraction of sp³-hybridized carbons (Fsp3) is 0.304. The molecule has 10 heteroatoms. The van der Waals surface area contributed by atoms with E-state index in [4.69, 9.17) is 10.8 Å². The number of nitrogen functional groups attached to an aromatic ring is 1. The topological polar surface area (TPSA) is 125 Å². The summed E-state index contributed by atoms with van der Waals surface area (Å²) in [6.45, 7) is 3.37. The summed E-state index contributed by atoms with van der Waals surface area (Å²) >= 11 is 0. The molecule has 0 unspecified atom stereocenters. The van der Waals surface area contributed by atoms with Crippen LogP contribution >= 0.6 is 0 Å². The largest absolute Gasteiger partial charge is 0.507 e. The summed E-state index contributed by atoms with van der Waals surface area (Å²) in [4.78, 5) is 12.1. The van der Waals surface area contributed by atoms with Crippen molar-refractivity contribution in [2.24, 2.45) is 0 Å². The lowest BCUT2D eigenvalue weighted by Gasteiger charge is -2.28. The van der Waals surface area contributed by atoms with Crippen LogP contribution in [0.5, 0.6) is 5.75 Å². The van der Waals surface area contributed by atoms with E-state index in [-0.39, 0.29) is 35.9 Å². The second-order valence-electron chi connectivity index (χ2n) is 7.66. The molecule has 0 radical (unpaired) electrons. The van der Waals surface area contributed by atoms with Crippen molar-refractivity contribution in [3.63, 3.8) is 0 Å². The predicted octanol–water partition coefficient (Wildman–Crippen LogP) is 1.81. The molecule has 0 spiro atoms. The summed E-state index contributed by atoms with van der Waals surface area (Å²) in [5, 5.41) is 27.3. The van der Waals surface area contributed by atoms with Crippen molar-refractivity contribution in [3.05, 3.63) is 48.2 Å². The number of benzene rings is 1. The Bertz CT molecular complexity index is 1210. The number of phenols is 1. The molecular weight excluding hydrogens is 425 g/mol. The molecule has 170 valence electrons. The van der Waals surface area contributed by atoms with Gasteiger partial charge in [-0.1, -0.05) is 18.1 Å². The van der Waals surface area contributed by atoms with Gasteiger partial charge in [-0.3, -0.25) is 0 Å². The molecule has 1 aliphatic heterocycles. The Balaban J connectivity index is 1.61. The first kappa shape index (κ1) is 22.2. The average Bonchev–Trinajstić information content (AvgIpc) is 3.01. The third-order valence-electron chi connectivity index (χ3n) is 5.56. The van der Waals surface area contributed by atoms with Crippen LogP contribution in [-0.2, 0) is 0 Å². The number of aliphatic hydroxyl groups is 1. The molecule has 3 heterocycles. The van der Waals surface area contributed by atoms with Crippen molar-refractivity contribution in [1.29, 1.82) is 0 Å². The van der Waals surface area contributed by atoms with E-state index in [1.807, 2.05) is 24.0 Å². The minimum Gasteiger partial charge on any atom is -0.507 e. The quantitative estimate of drug-likeness (QED) is 0.514. The minimum atomic E-state index is -0.531. The third kappa shape index (κ3) is 4.78. The number of hydrogen-bond donors (Lipinski definition) is 3. The van der Waals surface area contributed by atoms with Crippen molar-refractivity contribution < 1.29 is 14.6 Å². The molecule has 0 aliphatic carbocycles. The molecule has 1 atom stereocenters. The molecule has 9 nitrogen and oxygen atoms in total. The normalized spacial score (nSPS) is 16.2. The second kappa shape index (κ2) is 9.67. The lowest BCUT2D eigenvalue weighted by molar-refractivity contribution is 0.350. The number of para-hydroxylation sites is 1. The molecule has 1 saturated heterocycles. The molecule has 0 amide bonds. The van der Waals surface area contributed by atoms with Crippen LogP contribution in [0.25, 0.3) is 11.3 Å². The van der Waals surface area contributed by atoms with Crippen molar-refractivity contribution in [2.75, 3.05) is 41.8 Å². The van der Waals surface area contributed by atoms with Crippen molar-refractivity contribution in [3.8, 4) is 28.8 Å². The Labute approximate surface area is 190 Å². The SMILES string of the molecule is C[C@H]1CCN(c2cc(-c3ccccc3O)nnc2N)CCN1c1nc(C#CCO)ncc1F. The number of anilines is 3. The molecule has 33 heavy (non-hydrogen) atoms. The number of rotatable bonds is 3. The summed E-state index contributed by atoms with van der Waals surface area (Å²) in [5.41, 5.74) is 7.93. The molecule has 3 aromatic rings. The zero-order valence-electron chi connectivity index (χ0n) is 18.1. The van der Waals surface area contributed by atoms with E-state index in [2.05, 4.69) is 36.9 Å². The van der Waals surface area contributed by atoms with Crippen molar-refractivity contribution >= 4 is 17.3 Å². The van der Waals surface area contributed by atoms with E-state index < -0.39 is 5.82 Å². The van der Waals surface area contributed by atoms with E-state index in [9.17, 15) is 9.50 Å². The van der Waals surface area contributed by atoms with Gasteiger partial charge in [-0.15, -0.1) is 10.2 Å². The van der Waals surface area contributed by atoms with Gasteiger partial charge in [-0.2, -0.15) is 0 Å². The number of nitrogens with zero attached hydrogens (tertiary/aromatic N) is 6. The molecule has 1 aromatic carbocycles. The monoisotopic (exact) mass is 449 g/mol. The van der Waals surface area contributed by atoms with E-state index in [0.717, 1.165) is 12.6 Å². The van der Waals surface area contributed by atoms with Gasteiger partial charge in [0.25, 0.3) is 0 Å². The Morgan fingerprint density at radius 1 is 1.21 bits per heavy atom. The number of nitrogens with two attached hydrogens (primary N) is 1. The van der Waals surface area contributed by atoms with Gasteiger partial charge >= 0.3 is 0 Å². The Morgan fingerprint density at radius 2 is 2.03 bits per heavy atom. The summed E-state index contributed by atoms with van der Waals surface area (Å²) in [7, 11) is 0. The van der Waals surface area contributed by atoms with E-state index in [1.165, 1.54) is 0 Å². The van der Waals surface area contributed by atoms with Crippen molar-refractivity contribution in [1.82, 2.24) is 20.2 Å². The highest BCUT2D eigenvalue weighted by Crippen LogP contribution is 2.32. The highest BCUT2D eigenvalue weighted by Gasteiger charge is 2.26. The zero-order valence-corrected chi connectivity index (χ0v) is 18.1. The number of hydrogen-bond acceptors (Lipinski definition) is 9. The van der Waals surface area contributed by atoms with Gasteiger partial charge in [-0.05, 0) is 37.5 Å². The highest BCUT2D eigenvalue weighted by atomic mass is 19.1. The fourth-order valence-electron chi connectivity index (χ4n) is 3.82. The van der Waals surface area contributed by atoms with Gasteiger partial charge in [0.05, 0.1) is 17.6 Å². The van der Waals surface area contributed by atoms with Crippen LogP contribution in [0.1, 0.15) is 19.2 Å². The maximum atomic E-state index is 14.6. The van der Waals surface area contributed by atoms with Gasteiger partial charge in [0.1, 0.15) is 12.4 Å². The summed E-state index contributed by atoms with van der Waals surface area (Å²) < 4.78 is 14.6. The third-order valence-corrected chi connectivity index (χ3v) is 5.56. The average molecular weight is 449 g/mol. The Morgan fingerprint density at radius 3 is 2.82 bits per heavy atom. The summed E-state index contributed by atoms with van der Waals surface area (Å²) in [6.07, 6.45) is 1.82. The van der Waals surface area contributed by atoms with Crippen LogP contribution in [0.3, 0.4) is 0 Å². The first-order valence-electron chi connectivity index (χ1n) is 10.5. The second-order valence-corrected chi connectivity index (χ2v) is 7.66. The predicted molar refractivity (Wildman–Crippen MR) is 123 cm³/mol. The van der Waals surface area contributed by atoms with Crippen molar-refractivity contribution in [2.45, 2.75) is 19.4 Å². The lowest BCUT2D eigenvalue weighted by Crippen LogP contribution is -2.36. The Hall–Kier alpha value is -3.97. The zero-order chi connectivity index (χ0) is 23.4. The van der Waals surface area contributed by atoms with Gasteiger partial charge in [0.2, 0.25) is 5.82 Å². The number of phenolic OH excluding ortho intramolecular Hbond substituents is 1. The molecule has 1 aliphatic rings. The van der Waals surface area contributed by atoms with Crippen LogP contribution in [0.15, 0.2) is 36.5 Å². The van der Waals surface area contributed by atoms with Crippen LogP contribution in [0, 0.1) is 17.7 Å². The number of aromatic hydroxyl groups is 1. The van der Waals surface area contributed by atoms with Gasteiger partial charge in [0, 0.05) is 31.2 Å². The first-order valence-corrected chi connectivity index (χ1v) is 10.5. The fourth-order valence-corrected chi connectivity index (χ4v) is 3.82. The van der Waals surface area contributed by atoms with Crippen LogP contribution in [-0.4, -0.2) is 62.7 Å². The first-order chi connectivity index (χ1) is 16.0. The molecular formula is C23H24FN7O2. The highest BCUT2D eigenvalue weighted by molar-refractivity contribution is 5.74. The molecule has 4 N–H and O–H groups in total.